The Morgan fingerprint density at radius 2 is 1.82 bits per heavy atom. The van der Waals surface area contributed by atoms with Crippen LogP contribution in [0.5, 0.6) is 0 Å². The topological polar surface area (TPSA) is 47.7 Å². The van der Waals surface area contributed by atoms with E-state index < -0.39 is 8.56 Å². The summed E-state index contributed by atoms with van der Waals surface area (Å²) in [6, 6.07) is 1.02. The van der Waals surface area contributed by atoms with Gasteiger partial charge in [-0.3, -0.25) is 4.90 Å². The first-order valence-electron chi connectivity index (χ1n) is 6.25. The van der Waals surface area contributed by atoms with Crippen molar-refractivity contribution < 1.29 is 8.85 Å². The van der Waals surface area contributed by atoms with E-state index in [9.17, 15) is 0 Å². The standard InChI is InChI=1S/C12H28N2O2Si/c1-5-9-14(10-6-8-13)11-7-12-17(4,15-2)16-3/h5H,1,6-13H2,2-4H3. The molecule has 0 spiro atoms. The van der Waals surface area contributed by atoms with Gasteiger partial charge in [-0.1, -0.05) is 6.08 Å². The highest BCUT2D eigenvalue weighted by molar-refractivity contribution is 6.65. The Labute approximate surface area is 107 Å². The number of nitrogens with two attached hydrogens (primary N) is 1. The normalized spacial score (nSPS) is 12.1. The van der Waals surface area contributed by atoms with Crippen molar-refractivity contribution in [3.8, 4) is 0 Å². The lowest BCUT2D eigenvalue weighted by Crippen LogP contribution is -2.37. The van der Waals surface area contributed by atoms with Gasteiger partial charge in [-0.2, -0.15) is 0 Å². The summed E-state index contributed by atoms with van der Waals surface area (Å²) < 4.78 is 10.9. The lowest BCUT2D eigenvalue weighted by Gasteiger charge is -2.25. The molecule has 0 aromatic carbocycles. The van der Waals surface area contributed by atoms with Crippen LogP contribution < -0.4 is 5.73 Å². The summed E-state index contributed by atoms with van der Waals surface area (Å²) in [6.45, 7) is 9.66. The Morgan fingerprint density at radius 3 is 2.29 bits per heavy atom. The van der Waals surface area contributed by atoms with Crippen LogP contribution in [-0.2, 0) is 8.85 Å². The van der Waals surface area contributed by atoms with E-state index in [4.69, 9.17) is 14.6 Å². The SMILES string of the molecule is C=CCN(CCCN)CCC[Si](C)(OC)OC. The molecule has 0 saturated heterocycles. The molecule has 0 rings (SSSR count). The van der Waals surface area contributed by atoms with Gasteiger partial charge in [0, 0.05) is 20.8 Å². The monoisotopic (exact) mass is 260 g/mol. The van der Waals surface area contributed by atoms with Crippen molar-refractivity contribution in [3.63, 3.8) is 0 Å². The van der Waals surface area contributed by atoms with Crippen molar-refractivity contribution in [1.82, 2.24) is 4.90 Å². The van der Waals surface area contributed by atoms with E-state index in [1.165, 1.54) is 0 Å². The molecule has 0 amide bonds. The van der Waals surface area contributed by atoms with Crippen LogP contribution in [0, 0.1) is 0 Å². The van der Waals surface area contributed by atoms with Gasteiger partial charge in [-0.25, -0.2) is 0 Å². The zero-order valence-corrected chi connectivity index (χ0v) is 12.6. The Hall–Kier alpha value is -0.203. The van der Waals surface area contributed by atoms with Crippen LogP contribution in [0.2, 0.25) is 12.6 Å². The quantitative estimate of drug-likeness (QED) is 0.452. The van der Waals surface area contributed by atoms with Gasteiger partial charge in [-0.15, -0.1) is 6.58 Å². The van der Waals surface area contributed by atoms with E-state index in [1.807, 2.05) is 6.08 Å². The van der Waals surface area contributed by atoms with Gasteiger partial charge in [0.15, 0.2) is 0 Å². The first-order valence-corrected chi connectivity index (χ1v) is 8.78. The lowest BCUT2D eigenvalue weighted by molar-refractivity contribution is 0.242. The summed E-state index contributed by atoms with van der Waals surface area (Å²) >= 11 is 0. The molecular weight excluding hydrogens is 232 g/mol. The summed E-state index contributed by atoms with van der Waals surface area (Å²) in [7, 11) is 1.59. The smallest absolute Gasteiger partial charge is 0.334 e. The third-order valence-electron chi connectivity index (χ3n) is 3.03. The average Bonchev–Trinajstić information content (AvgIpc) is 2.35. The van der Waals surface area contributed by atoms with Crippen LogP contribution in [0.3, 0.4) is 0 Å². The van der Waals surface area contributed by atoms with Crippen LogP contribution in [-0.4, -0.2) is 53.9 Å². The zero-order valence-electron chi connectivity index (χ0n) is 11.6. The Morgan fingerprint density at radius 1 is 1.24 bits per heavy atom. The van der Waals surface area contributed by atoms with E-state index in [2.05, 4.69) is 18.0 Å². The Bertz CT molecular complexity index is 199. The van der Waals surface area contributed by atoms with Crippen LogP contribution >= 0.6 is 0 Å². The number of rotatable bonds is 11. The van der Waals surface area contributed by atoms with Crippen LogP contribution in [0.15, 0.2) is 12.7 Å². The molecule has 102 valence electrons. The number of hydrogen-bond donors (Lipinski definition) is 1. The molecular formula is C12H28N2O2Si. The van der Waals surface area contributed by atoms with Crippen molar-refractivity contribution in [2.75, 3.05) is 40.4 Å². The first-order chi connectivity index (χ1) is 8.11. The van der Waals surface area contributed by atoms with Gasteiger partial charge in [0.1, 0.15) is 0 Å². The fraction of sp³-hybridized carbons (Fsp3) is 0.833. The minimum atomic E-state index is -1.90. The van der Waals surface area contributed by atoms with E-state index in [1.54, 1.807) is 14.2 Å². The lowest BCUT2D eigenvalue weighted by atomic mass is 10.3. The van der Waals surface area contributed by atoms with Crippen LogP contribution in [0.25, 0.3) is 0 Å². The molecule has 0 bridgehead atoms. The third kappa shape index (κ3) is 7.67. The van der Waals surface area contributed by atoms with E-state index in [-0.39, 0.29) is 0 Å². The van der Waals surface area contributed by atoms with Crippen molar-refractivity contribution in [1.29, 1.82) is 0 Å². The van der Waals surface area contributed by atoms with E-state index in [0.717, 1.165) is 45.1 Å². The predicted molar refractivity (Wildman–Crippen MR) is 75.4 cm³/mol. The van der Waals surface area contributed by atoms with Gasteiger partial charge in [0.25, 0.3) is 0 Å². The molecule has 0 saturated carbocycles. The molecule has 0 aliphatic carbocycles. The minimum absolute atomic E-state index is 0.746. The molecule has 17 heavy (non-hydrogen) atoms. The molecule has 0 heterocycles. The summed E-state index contributed by atoms with van der Waals surface area (Å²) in [5, 5.41) is 0. The van der Waals surface area contributed by atoms with Gasteiger partial charge in [-0.05, 0) is 45.1 Å². The fourth-order valence-corrected chi connectivity index (χ4v) is 3.08. The van der Waals surface area contributed by atoms with Crippen molar-refractivity contribution in [3.05, 3.63) is 12.7 Å². The van der Waals surface area contributed by atoms with Gasteiger partial charge < -0.3 is 14.6 Å². The Balaban J connectivity index is 3.90. The molecule has 0 fully saturated rings. The summed E-state index contributed by atoms with van der Waals surface area (Å²) in [5.74, 6) is 0. The highest BCUT2D eigenvalue weighted by atomic mass is 28.4. The van der Waals surface area contributed by atoms with E-state index >= 15 is 0 Å². The molecule has 4 nitrogen and oxygen atoms in total. The van der Waals surface area contributed by atoms with Crippen molar-refractivity contribution in [2.45, 2.75) is 25.4 Å². The molecule has 0 aromatic rings. The summed E-state index contributed by atoms with van der Waals surface area (Å²) in [6.07, 6.45) is 4.08. The van der Waals surface area contributed by atoms with Gasteiger partial charge in [0.2, 0.25) is 0 Å². The van der Waals surface area contributed by atoms with E-state index in [0.29, 0.717) is 0 Å². The second-order valence-electron chi connectivity index (χ2n) is 4.38. The highest BCUT2D eigenvalue weighted by Crippen LogP contribution is 2.14. The average molecular weight is 260 g/mol. The maximum atomic E-state index is 5.53. The maximum Gasteiger partial charge on any atom is 0.334 e. The summed E-state index contributed by atoms with van der Waals surface area (Å²) in [4.78, 5) is 2.38. The van der Waals surface area contributed by atoms with Crippen molar-refractivity contribution in [2.24, 2.45) is 5.73 Å². The highest BCUT2D eigenvalue weighted by Gasteiger charge is 2.27. The molecule has 2 N–H and O–H groups in total. The summed E-state index contributed by atoms with van der Waals surface area (Å²) in [5.41, 5.74) is 5.53. The van der Waals surface area contributed by atoms with Crippen molar-refractivity contribution >= 4 is 8.56 Å². The second kappa shape index (κ2) is 9.79. The zero-order chi connectivity index (χ0) is 13.1. The third-order valence-corrected chi connectivity index (χ3v) is 6.02. The minimum Gasteiger partial charge on any atom is -0.398 e. The first kappa shape index (κ1) is 16.8. The molecule has 0 aliphatic rings. The van der Waals surface area contributed by atoms with Crippen LogP contribution in [0.4, 0.5) is 0 Å². The molecule has 0 radical (unpaired) electrons. The second-order valence-corrected chi connectivity index (χ2v) is 7.96. The van der Waals surface area contributed by atoms with Crippen LogP contribution in [0.1, 0.15) is 12.8 Å². The maximum absolute atomic E-state index is 5.53. The van der Waals surface area contributed by atoms with Gasteiger partial charge >= 0.3 is 8.56 Å². The largest absolute Gasteiger partial charge is 0.398 e. The number of hydrogen-bond acceptors (Lipinski definition) is 4. The molecule has 0 aliphatic heterocycles. The molecule has 0 aromatic heterocycles. The molecule has 0 unspecified atom stereocenters. The fourth-order valence-electron chi connectivity index (χ4n) is 1.70. The predicted octanol–water partition coefficient (Wildman–Crippen LogP) is 1.58. The number of nitrogens with zero attached hydrogens (tertiary/aromatic N) is 1. The van der Waals surface area contributed by atoms with Gasteiger partial charge in [0.05, 0.1) is 0 Å². The molecule has 5 heteroatoms. The molecule has 0 atom stereocenters. The Kier molecular flexibility index (Phi) is 9.67.